The van der Waals surface area contributed by atoms with Gasteiger partial charge in [-0.05, 0) is 36.8 Å². The minimum Gasteiger partial charge on any atom is -0.508 e. The molecule has 0 saturated carbocycles. The number of hydrogen-bond acceptors (Lipinski definition) is 4. The van der Waals surface area contributed by atoms with E-state index in [1.807, 2.05) is 23.1 Å². The minimum atomic E-state index is -0.243. The van der Waals surface area contributed by atoms with Crippen molar-refractivity contribution < 1.29 is 9.90 Å². The number of likely N-dealkylation sites (tertiary alicyclic amines) is 1. The Hall–Kier alpha value is -2.37. The van der Waals surface area contributed by atoms with Gasteiger partial charge in [0.1, 0.15) is 11.8 Å². The number of phenolic OH excluding ortho intramolecular Hbond substituents is 1. The Labute approximate surface area is 154 Å². The zero-order valence-electron chi connectivity index (χ0n) is 14.8. The maximum Gasteiger partial charge on any atom is 0.241 e. The maximum atomic E-state index is 12.9. The van der Waals surface area contributed by atoms with Gasteiger partial charge in [-0.3, -0.25) is 4.79 Å². The molecule has 0 aromatic heterocycles. The van der Waals surface area contributed by atoms with Crippen LogP contribution in [0.5, 0.6) is 5.75 Å². The van der Waals surface area contributed by atoms with Crippen molar-refractivity contribution >= 4 is 5.91 Å². The van der Waals surface area contributed by atoms with Crippen LogP contribution in [0, 0.1) is 0 Å². The first kappa shape index (κ1) is 17.1. The van der Waals surface area contributed by atoms with E-state index in [4.69, 9.17) is 0 Å². The van der Waals surface area contributed by atoms with Gasteiger partial charge in [0.15, 0.2) is 0 Å². The first-order chi connectivity index (χ1) is 12.7. The molecule has 0 spiro atoms. The van der Waals surface area contributed by atoms with Crippen LogP contribution >= 0.6 is 0 Å². The largest absolute Gasteiger partial charge is 0.508 e. The second-order valence-electron chi connectivity index (χ2n) is 7.20. The molecule has 0 radical (unpaired) electrons. The van der Waals surface area contributed by atoms with Crippen LogP contribution in [0.3, 0.4) is 0 Å². The average molecular weight is 351 g/mol. The Kier molecular flexibility index (Phi) is 4.91. The second kappa shape index (κ2) is 7.48. The summed E-state index contributed by atoms with van der Waals surface area (Å²) in [6, 6.07) is 17.6. The second-order valence-corrected chi connectivity index (χ2v) is 7.20. The molecule has 2 saturated heterocycles. The number of rotatable bonds is 3. The zero-order chi connectivity index (χ0) is 17.9. The van der Waals surface area contributed by atoms with Gasteiger partial charge in [-0.25, -0.2) is 10.9 Å². The average Bonchev–Trinajstić information content (AvgIpc) is 3.18. The Morgan fingerprint density at radius 1 is 0.962 bits per heavy atom. The summed E-state index contributed by atoms with van der Waals surface area (Å²) in [6.07, 6.45) is 2.67. The molecule has 2 aliphatic heterocycles. The highest BCUT2D eigenvalue weighted by atomic mass is 16.3. The van der Waals surface area contributed by atoms with Crippen LogP contribution < -0.4 is 10.9 Å². The molecular formula is C21H25N3O2. The normalized spacial score (nSPS) is 23.9. The van der Waals surface area contributed by atoms with Gasteiger partial charge in [-0.15, -0.1) is 0 Å². The van der Waals surface area contributed by atoms with Gasteiger partial charge >= 0.3 is 0 Å². The predicted molar refractivity (Wildman–Crippen MR) is 101 cm³/mol. The third kappa shape index (κ3) is 3.45. The maximum absolute atomic E-state index is 12.9. The van der Waals surface area contributed by atoms with E-state index >= 15 is 0 Å². The highest BCUT2D eigenvalue weighted by Crippen LogP contribution is 2.31. The summed E-state index contributed by atoms with van der Waals surface area (Å²) in [7, 11) is 0. The van der Waals surface area contributed by atoms with Crippen LogP contribution in [0.4, 0.5) is 0 Å². The third-order valence-corrected chi connectivity index (χ3v) is 5.59. The van der Waals surface area contributed by atoms with E-state index in [9.17, 15) is 9.90 Å². The molecule has 2 fully saturated rings. The molecule has 2 aromatic carbocycles. The van der Waals surface area contributed by atoms with Crippen LogP contribution in [-0.4, -0.2) is 35.0 Å². The van der Waals surface area contributed by atoms with Crippen molar-refractivity contribution in [3.63, 3.8) is 0 Å². The number of carbonyl (C=O) groups is 1. The van der Waals surface area contributed by atoms with Gasteiger partial charge in [0, 0.05) is 18.7 Å². The molecule has 2 heterocycles. The fraction of sp³-hybridized carbons (Fsp3) is 0.381. The molecule has 26 heavy (non-hydrogen) atoms. The first-order valence-electron chi connectivity index (χ1n) is 9.35. The van der Waals surface area contributed by atoms with Crippen LogP contribution in [0.1, 0.15) is 42.3 Å². The van der Waals surface area contributed by atoms with E-state index in [0.29, 0.717) is 12.3 Å². The number of nitrogens with one attached hydrogen (secondary N) is 2. The molecule has 3 N–H and O–H groups in total. The highest BCUT2D eigenvalue weighted by molar-refractivity contribution is 5.82. The van der Waals surface area contributed by atoms with E-state index < -0.39 is 0 Å². The van der Waals surface area contributed by atoms with Crippen molar-refractivity contribution in [3.05, 3.63) is 65.7 Å². The van der Waals surface area contributed by atoms with E-state index in [1.54, 1.807) is 12.1 Å². The molecule has 136 valence electrons. The lowest BCUT2D eigenvalue weighted by atomic mass is 9.89. The molecule has 5 nitrogen and oxygen atoms in total. The van der Waals surface area contributed by atoms with Crippen molar-refractivity contribution in [1.82, 2.24) is 15.8 Å². The number of phenols is 1. The minimum absolute atomic E-state index is 0.0491. The summed E-state index contributed by atoms with van der Waals surface area (Å²) >= 11 is 0. The summed E-state index contributed by atoms with van der Waals surface area (Å²) < 4.78 is 0. The Balaban J connectivity index is 1.34. The smallest absolute Gasteiger partial charge is 0.241 e. The number of hydrogen-bond donors (Lipinski definition) is 3. The van der Waals surface area contributed by atoms with E-state index in [0.717, 1.165) is 31.5 Å². The number of piperidine rings is 1. The lowest BCUT2D eigenvalue weighted by Crippen LogP contribution is -2.48. The molecule has 0 bridgehead atoms. The fourth-order valence-electron chi connectivity index (χ4n) is 4.08. The van der Waals surface area contributed by atoms with Gasteiger partial charge in [0.25, 0.3) is 0 Å². The monoisotopic (exact) mass is 351 g/mol. The van der Waals surface area contributed by atoms with Gasteiger partial charge in [0.05, 0.1) is 6.04 Å². The van der Waals surface area contributed by atoms with Crippen LogP contribution in [-0.2, 0) is 4.79 Å². The van der Waals surface area contributed by atoms with Gasteiger partial charge in [0.2, 0.25) is 5.91 Å². The molecule has 0 aliphatic carbocycles. The molecule has 2 aromatic rings. The van der Waals surface area contributed by atoms with Gasteiger partial charge in [-0.2, -0.15) is 0 Å². The summed E-state index contributed by atoms with van der Waals surface area (Å²) in [5, 5.41) is 10.0. The molecule has 2 aliphatic rings. The van der Waals surface area contributed by atoms with Crippen molar-refractivity contribution in [2.24, 2.45) is 0 Å². The zero-order valence-corrected chi connectivity index (χ0v) is 14.8. The molecule has 1 amide bonds. The van der Waals surface area contributed by atoms with Crippen LogP contribution in [0.15, 0.2) is 54.6 Å². The highest BCUT2D eigenvalue weighted by Gasteiger charge is 2.35. The van der Waals surface area contributed by atoms with Crippen molar-refractivity contribution in [1.29, 1.82) is 0 Å². The van der Waals surface area contributed by atoms with Crippen molar-refractivity contribution in [3.8, 4) is 5.75 Å². The van der Waals surface area contributed by atoms with Crippen LogP contribution in [0.2, 0.25) is 0 Å². The van der Waals surface area contributed by atoms with E-state index in [-0.39, 0.29) is 23.7 Å². The van der Waals surface area contributed by atoms with Gasteiger partial charge in [-0.1, -0.05) is 48.5 Å². The number of hydrazine groups is 1. The molecular weight excluding hydrogens is 326 g/mol. The topological polar surface area (TPSA) is 64.6 Å². The van der Waals surface area contributed by atoms with Gasteiger partial charge < -0.3 is 10.0 Å². The molecule has 5 heteroatoms. The summed E-state index contributed by atoms with van der Waals surface area (Å²) in [4.78, 5) is 14.8. The summed E-state index contributed by atoms with van der Waals surface area (Å²) in [5.41, 5.74) is 8.49. The lowest BCUT2D eigenvalue weighted by Gasteiger charge is -2.33. The number of benzene rings is 2. The first-order valence-corrected chi connectivity index (χ1v) is 9.35. The summed E-state index contributed by atoms with van der Waals surface area (Å²) in [5.74, 6) is 0.967. The van der Waals surface area contributed by atoms with E-state index in [2.05, 4.69) is 35.1 Å². The Morgan fingerprint density at radius 2 is 1.65 bits per heavy atom. The number of carbonyl (C=O) groups excluding carboxylic acids is 1. The fourth-order valence-corrected chi connectivity index (χ4v) is 4.08. The van der Waals surface area contributed by atoms with Crippen LogP contribution in [0.25, 0.3) is 0 Å². The number of nitrogens with zero attached hydrogens (tertiary/aromatic N) is 1. The Morgan fingerprint density at radius 3 is 2.38 bits per heavy atom. The number of aromatic hydroxyl groups is 1. The third-order valence-electron chi connectivity index (χ3n) is 5.59. The van der Waals surface area contributed by atoms with Crippen molar-refractivity contribution in [2.45, 2.75) is 37.3 Å². The molecule has 2 atom stereocenters. The van der Waals surface area contributed by atoms with Crippen molar-refractivity contribution in [2.75, 3.05) is 13.1 Å². The molecule has 4 rings (SSSR count). The predicted octanol–water partition coefficient (Wildman–Crippen LogP) is 2.71. The Bertz CT molecular complexity index is 757. The summed E-state index contributed by atoms with van der Waals surface area (Å²) in [6.45, 7) is 1.61. The quantitative estimate of drug-likeness (QED) is 0.796. The SMILES string of the molecule is O=C(C1CC(c2ccccc2O)NN1)N1CCC(c2ccccc2)CC1. The number of amides is 1. The van der Waals surface area contributed by atoms with E-state index in [1.165, 1.54) is 5.56 Å². The standard InChI is InChI=1S/C21H25N3O2/c25-20-9-5-4-8-17(20)18-14-19(23-22-18)21(26)24-12-10-16(11-13-24)15-6-2-1-3-7-15/h1-9,16,18-19,22-23,25H,10-14H2. The molecule has 2 unspecified atom stereocenters. The lowest BCUT2D eigenvalue weighted by molar-refractivity contribution is -0.134. The number of para-hydroxylation sites is 1.